The van der Waals surface area contributed by atoms with Crippen molar-refractivity contribution in [1.29, 1.82) is 0 Å². The molecule has 2 aliphatic carbocycles. The van der Waals surface area contributed by atoms with E-state index in [1.165, 1.54) is 6.26 Å². The van der Waals surface area contributed by atoms with Crippen LogP contribution in [0.3, 0.4) is 0 Å². The molecule has 0 spiro atoms. The molecule has 0 bridgehead atoms. The molecule has 20 heavy (non-hydrogen) atoms. The fraction of sp³-hybridized carbons (Fsp3) is 0.933. The normalized spacial score (nSPS) is 36.3. The summed E-state index contributed by atoms with van der Waals surface area (Å²) in [6.45, 7) is 0. The number of hydrogen-bond acceptors (Lipinski definition) is 4. The Morgan fingerprint density at radius 1 is 1.00 bits per heavy atom. The van der Waals surface area contributed by atoms with E-state index in [1.54, 1.807) is 0 Å². The van der Waals surface area contributed by atoms with Crippen molar-refractivity contribution in [3.8, 4) is 0 Å². The maximum Gasteiger partial charge on any atom is 0.150 e. The van der Waals surface area contributed by atoms with Crippen LogP contribution in [-0.2, 0) is 14.6 Å². The summed E-state index contributed by atoms with van der Waals surface area (Å²) in [6, 6.07) is -0.0244. The minimum Gasteiger partial charge on any atom is -0.327 e. The molecule has 0 aromatic carbocycles. The summed E-state index contributed by atoms with van der Waals surface area (Å²) in [7, 11) is -3.03. The van der Waals surface area contributed by atoms with E-state index < -0.39 is 9.84 Å². The Hall–Kier alpha value is -0.420. The van der Waals surface area contributed by atoms with Crippen LogP contribution in [0.5, 0.6) is 0 Å². The molecular formula is C15H27NO3S. The first kappa shape index (κ1) is 16.0. The van der Waals surface area contributed by atoms with Gasteiger partial charge in [0.15, 0.2) is 0 Å². The molecule has 2 aliphatic rings. The average molecular weight is 301 g/mol. The second-order valence-electron chi connectivity index (χ2n) is 6.63. The molecule has 0 aliphatic heterocycles. The summed E-state index contributed by atoms with van der Waals surface area (Å²) in [4.78, 5) is 12.7. The van der Waals surface area contributed by atoms with Gasteiger partial charge in [0.05, 0.1) is 5.25 Å². The van der Waals surface area contributed by atoms with E-state index in [-0.39, 0.29) is 28.9 Å². The Morgan fingerprint density at radius 2 is 1.70 bits per heavy atom. The second kappa shape index (κ2) is 6.56. The molecule has 0 saturated heterocycles. The van der Waals surface area contributed by atoms with Gasteiger partial charge in [0.1, 0.15) is 15.6 Å². The molecule has 4 unspecified atom stereocenters. The monoisotopic (exact) mass is 301 g/mol. The Labute approximate surface area is 122 Å². The lowest BCUT2D eigenvalue weighted by Crippen LogP contribution is -2.40. The van der Waals surface area contributed by atoms with Gasteiger partial charge in [-0.1, -0.05) is 25.7 Å². The van der Waals surface area contributed by atoms with Crippen LogP contribution in [0.15, 0.2) is 0 Å². The van der Waals surface area contributed by atoms with Crippen LogP contribution in [0.4, 0.5) is 0 Å². The zero-order valence-corrected chi connectivity index (χ0v) is 13.2. The Balaban J connectivity index is 2.04. The minimum absolute atomic E-state index is 0.0244. The first-order valence-electron chi connectivity index (χ1n) is 7.87. The van der Waals surface area contributed by atoms with Crippen LogP contribution in [0.1, 0.15) is 57.8 Å². The summed E-state index contributed by atoms with van der Waals surface area (Å²) in [5, 5.41) is -0.327. The summed E-state index contributed by atoms with van der Waals surface area (Å²) in [5.74, 6) is 0.117. The number of rotatable bonds is 3. The highest BCUT2D eigenvalue weighted by atomic mass is 32.2. The summed E-state index contributed by atoms with van der Waals surface area (Å²) in [5.41, 5.74) is 6.17. The van der Waals surface area contributed by atoms with Gasteiger partial charge < -0.3 is 5.73 Å². The van der Waals surface area contributed by atoms with Crippen LogP contribution in [0.2, 0.25) is 0 Å². The van der Waals surface area contributed by atoms with Gasteiger partial charge in [-0.05, 0) is 32.1 Å². The third kappa shape index (κ3) is 3.82. The predicted molar refractivity (Wildman–Crippen MR) is 80.1 cm³/mol. The lowest BCUT2D eigenvalue weighted by Gasteiger charge is -2.31. The van der Waals surface area contributed by atoms with Gasteiger partial charge in [0.25, 0.3) is 0 Å². The molecule has 2 fully saturated rings. The van der Waals surface area contributed by atoms with E-state index in [2.05, 4.69) is 0 Å². The molecule has 4 atom stereocenters. The van der Waals surface area contributed by atoms with Crippen LogP contribution < -0.4 is 5.73 Å². The van der Waals surface area contributed by atoms with Gasteiger partial charge in [-0.2, -0.15) is 0 Å². The number of carbonyl (C=O) groups excluding carboxylic acids is 1. The maximum atomic E-state index is 12.7. The molecule has 0 heterocycles. The maximum absolute atomic E-state index is 12.7. The average Bonchev–Trinajstić information content (AvgIpc) is 2.62. The van der Waals surface area contributed by atoms with Gasteiger partial charge in [-0.15, -0.1) is 0 Å². The quantitative estimate of drug-likeness (QED) is 0.810. The smallest absolute Gasteiger partial charge is 0.150 e. The van der Waals surface area contributed by atoms with E-state index in [4.69, 9.17) is 5.73 Å². The molecule has 0 amide bonds. The van der Waals surface area contributed by atoms with Crippen molar-refractivity contribution in [2.24, 2.45) is 17.6 Å². The Kier molecular flexibility index (Phi) is 5.24. The molecular weight excluding hydrogens is 274 g/mol. The van der Waals surface area contributed by atoms with Gasteiger partial charge in [-0.3, -0.25) is 4.79 Å². The highest BCUT2D eigenvalue weighted by Crippen LogP contribution is 2.34. The van der Waals surface area contributed by atoms with E-state index in [0.29, 0.717) is 12.8 Å². The highest BCUT2D eigenvalue weighted by molar-refractivity contribution is 7.91. The molecule has 116 valence electrons. The minimum atomic E-state index is -3.03. The topological polar surface area (TPSA) is 77.2 Å². The zero-order valence-electron chi connectivity index (χ0n) is 12.4. The molecule has 0 aromatic rings. The SMILES string of the molecule is CS(=O)(=O)C1CCCC(C(=O)C2CCCCCC2N)C1. The Bertz CT molecular complexity index is 446. The van der Waals surface area contributed by atoms with E-state index >= 15 is 0 Å². The van der Waals surface area contributed by atoms with Gasteiger partial charge in [0.2, 0.25) is 0 Å². The predicted octanol–water partition coefficient (Wildman–Crippen LogP) is 2.07. The van der Waals surface area contributed by atoms with Crippen LogP contribution in [0.25, 0.3) is 0 Å². The second-order valence-corrected chi connectivity index (χ2v) is 8.95. The molecule has 2 saturated carbocycles. The number of Topliss-reactive ketones (excluding diaryl/α,β-unsaturated/α-hetero) is 1. The number of nitrogens with two attached hydrogens (primary N) is 1. The molecule has 5 heteroatoms. The fourth-order valence-corrected chi connectivity index (χ4v) is 4.96. The van der Waals surface area contributed by atoms with Crippen molar-refractivity contribution in [3.05, 3.63) is 0 Å². The van der Waals surface area contributed by atoms with Crippen molar-refractivity contribution < 1.29 is 13.2 Å². The van der Waals surface area contributed by atoms with Crippen LogP contribution in [-0.4, -0.2) is 31.7 Å². The Morgan fingerprint density at radius 3 is 2.40 bits per heavy atom. The van der Waals surface area contributed by atoms with E-state index in [1.807, 2.05) is 0 Å². The number of ketones is 1. The first-order chi connectivity index (χ1) is 9.39. The highest BCUT2D eigenvalue weighted by Gasteiger charge is 2.37. The van der Waals surface area contributed by atoms with Crippen molar-refractivity contribution >= 4 is 15.6 Å². The molecule has 2 rings (SSSR count). The number of sulfone groups is 1. The van der Waals surface area contributed by atoms with Crippen LogP contribution in [0, 0.1) is 11.8 Å². The van der Waals surface area contributed by atoms with E-state index in [9.17, 15) is 13.2 Å². The third-order valence-electron chi connectivity index (χ3n) is 5.07. The van der Waals surface area contributed by atoms with E-state index in [0.717, 1.165) is 44.9 Å². The third-order valence-corrected chi connectivity index (χ3v) is 6.71. The standard InChI is InChI=1S/C15H27NO3S/c1-20(18,19)12-7-5-6-11(10-12)15(17)13-8-3-2-4-9-14(13)16/h11-14H,2-10,16H2,1H3. The summed E-state index contributed by atoms with van der Waals surface area (Å²) in [6.07, 6.45) is 9.37. The lowest BCUT2D eigenvalue weighted by molar-refractivity contribution is -0.128. The van der Waals surface area contributed by atoms with Gasteiger partial charge >= 0.3 is 0 Å². The molecule has 2 N–H and O–H groups in total. The van der Waals surface area contributed by atoms with Crippen LogP contribution >= 0.6 is 0 Å². The first-order valence-corrected chi connectivity index (χ1v) is 9.83. The zero-order chi connectivity index (χ0) is 14.8. The largest absolute Gasteiger partial charge is 0.327 e. The van der Waals surface area contributed by atoms with Gasteiger partial charge in [0, 0.05) is 24.1 Å². The van der Waals surface area contributed by atoms with Gasteiger partial charge in [-0.25, -0.2) is 8.42 Å². The van der Waals surface area contributed by atoms with Crippen molar-refractivity contribution in [2.75, 3.05) is 6.26 Å². The van der Waals surface area contributed by atoms with Crippen molar-refractivity contribution in [3.63, 3.8) is 0 Å². The number of carbonyl (C=O) groups is 1. The molecule has 0 aromatic heterocycles. The number of hydrogen-bond donors (Lipinski definition) is 1. The lowest BCUT2D eigenvalue weighted by atomic mass is 9.78. The fourth-order valence-electron chi connectivity index (χ4n) is 3.78. The van der Waals surface area contributed by atoms with Crippen molar-refractivity contribution in [2.45, 2.75) is 69.1 Å². The summed E-state index contributed by atoms with van der Waals surface area (Å²) >= 11 is 0. The summed E-state index contributed by atoms with van der Waals surface area (Å²) < 4.78 is 23.4. The van der Waals surface area contributed by atoms with Crippen molar-refractivity contribution in [1.82, 2.24) is 0 Å². The molecule has 0 radical (unpaired) electrons. The molecule has 4 nitrogen and oxygen atoms in total.